The SMILES string of the molecule is c1ccc(C2c3ccccc3-c3cc(-c4ccc5c(c4)c4ccc6oc7ccccc7c6c4n5-c4ccc5ccccc5c4)ccc32)cc1. The molecule has 0 aliphatic heterocycles. The highest BCUT2D eigenvalue weighted by atomic mass is 16.3. The molecule has 0 fully saturated rings. The largest absolute Gasteiger partial charge is 0.456 e. The zero-order chi connectivity index (χ0) is 32.1. The fourth-order valence-corrected chi connectivity index (χ4v) is 8.47. The third-order valence-corrected chi connectivity index (χ3v) is 10.7. The van der Waals surface area contributed by atoms with Crippen LogP contribution in [0.2, 0.25) is 0 Å². The molecule has 10 aromatic rings. The van der Waals surface area contributed by atoms with Crippen LogP contribution in [-0.4, -0.2) is 4.57 Å². The van der Waals surface area contributed by atoms with Gasteiger partial charge < -0.3 is 8.98 Å². The molecule has 0 saturated heterocycles. The fraction of sp³-hybridized carbons (Fsp3) is 0.0213. The highest BCUT2D eigenvalue weighted by molar-refractivity contribution is 6.25. The topological polar surface area (TPSA) is 18.1 Å². The van der Waals surface area contributed by atoms with Crippen LogP contribution in [0.15, 0.2) is 174 Å². The van der Waals surface area contributed by atoms with Crippen LogP contribution >= 0.6 is 0 Å². The smallest absolute Gasteiger partial charge is 0.137 e. The van der Waals surface area contributed by atoms with E-state index >= 15 is 0 Å². The maximum atomic E-state index is 6.41. The molecule has 2 nitrogen and oxygen atoms in total. The Balaban J connectivity index is 1.16. The van der Waals surface area contributed by atoms with E-state index in [1.54, 1.807) is 0 Å². The average molecular weight is 624 g/mol. The molecular formula is C47H29NO. The molecule has 2 aromatic heterocycles. The molecule has 1 atom stereocenters. The number of fused-ring (bicyclic) bond motifs is 11. The Labute approximate surface area is 283 Å². The highest BCUT2D eigenvalue weighted by Crippen LogP contribution is 2.49. The molecule has 11 rings (SSSR count). The minimum absolute atomic E-state index is 0.246. The summed E-state index contributed by atoms with van der Waals surface area (Å²) in [5.41, 5.74) is 14.5. The minimum atomic E-state index is 0.246. The van der Waals surface area contributed by atoms with E-state index in [-0.39, 0.29) is 5.92 Å². The first-order chi connectivity index (χ1) is 24.3. The first-order valence-electron chi connectivity index (χ1n) is 17.0. The summed E-state index contributed by atoms with van der Waals surface area (Å²) in [6.07, 6.45) is 0. The monoisotopic (exact) mass is 623 g/mol. The maximum absolute atomic E-state index is 6.41. The third kappa shape index (κ3) is 3.83. The van der Waals surface area contributed by atoms with Crippen LogP contribution in [0.3, 0.4) is 0 Å². The first kappa shape index (κ1) is 26.7. The molecule has 2 heterocycles. The van der Waals surface area contributed by atoms with Gasteiger partial charge in [0.1, 0.15) is 11.2 Å². The van der Waals surface area contributed by atoms with E-state index < -0.39 is 0 Å². The average Bonchev–Trinajstić information content (AvgIpc) is 3.82. The number of rotatable bonds is 3. The Morgan fingerprint density at radius 1 is 0.449 bits per heavy atom. The molecule has 0 N–H and O–H groups in total. The second-order valence-corrected chi connectivity index (χ2v) is 13.3. The summed E-state index contributed by atoms with van der Waals surface area (Å²) < 4.78 is 8.85. The maximum Gasteiger partial charge on any atom is 0.137 e. The van der Waals surface area contributed by atoms with E-state index in [0.717, 1.165) is 27.6 Å². The lowest BCUT2D eigenvalue weighted by Crippen LogP contribution is -1.98. The third-order valence-electron chi connectivity index (χ3n) is 10.7. The summed E-state index contributed by atoms with van der Waals surface area (Å²) >= 11 is 0. The number of aromatic nitrogens is 1. The second-order valence-electron chi connectivity index (χ2n) is 13.3. The fourth-order valence-electron chi connectivity index (χ4n) is 8.47. The molecule has 0 amide bonds. The molecule has 1 aliphatic carbocycles. The van der Waals surface area contributed by atoms with Crippen molar-refractivity contribution in [3.63, 3.8) is 0 Å². The van der Waals surface area contributed by atoms with Crippen LogP contribution in [0.5, 0.6) is 0 Å². The van der Waals surface area contributed by atoms with Gasteiger partial charge in [0.15, 0.2) is 0 Å². The van der Waals surface area contributed by atoms with Gasteiger partial charge in [0.05, 0.1) is 16.4 Å². The van der Waals surface area contributed by atoms with Gasteiger partial charge in [-0.05, 0) is 98.2 Å². The standard InChI is InChI=1S/C47H29NO/c1-2-11-30(12-3-1)45-36-15-7-6-14-35(36)40-27-32(19-22-37(40)45)33-20-24-42-41(28-33)38-23-25-44-46(39-16-8-9-17-43(39)49-44)47(38)48(42)34-21-18-29-10-4-5-13-31(29)26-34/h1-28,45H. The van der Waals surface area contributed by atoms with Gasteiger partial charge in [-0.1, -0.05) is 121 Å². The zero-order valence-corrected chi connectivity index (χ0v) is 26.6. The van der Waals surface area contributed by atoms with Crippen molar-refractivity contribution in [3.05, 3.63) is 187 Å². The van der Waals surface area contributed by atoms with E-state index in [9.17, 15) is 0 Å². The van der Waals surface area contributed by atoms with Gasteiger partial charge in [-0.15, -0.1) is 0 Å². The molecule has 1 aliphatic rings. The van der Waals surface area contributed by atoms with E-state index in [2.05, 4.69) is 168 Å². The van der Waals surface area contributed by atoms with Crippen molar-refractivity contribution < 1.29 is 4.42 Å². The Morgan fingerprint density at radius 3 is 2.14 bits per heavy atom. The molecule has 49 heavy (non-hydrogen) atoms. The lowest BCUT2D eigenvalue weighted by Gasteiger charge is -2.14. The number of furan rings is 1. The zero-order valence-electron chi connectivity index (χ0n) is 26.6. The summed E-state index contributed by atoms with van der Waals surface area (Å²) in [5.74, 6) is 0.246. The van der Waals surface area contributed by atoms with Gasteiger partial charge in [0.2, 0.25) is 0 Å². The summed E-state index contributed by atoms with van der Waals surface area (Å²) in [6.45, 7) is 0. The van der Waals surface area contributed by atoms with Crippen LogP contribution in [0.1, 0.15) is 22.6 Å². The molecular weight excluding hydrogens is 595 g/mol. The first-order valence-corrected chi connectivity index (χ1v) is 17.0. The van der Waals surface area contributed by atoms with Gasteiger partial charge in [-0.25, -0.2) is 0 Å². The molecule has 0 bridgehead atoms. The van der Waals surface area contributed by atoms with E-state index in [1.807, 2.05) is 6.07 Å². The Hall–Kier alpha value is -6.38. The van der Waals surface area contributed by atoms with Crippen LogP contribution in [-0.2, 0) is 0 Å². The lowest BCUT2D eigenvalue weighted by atomic mass is 9.89. The van der Waals surface area contributed by atoms with Crippen molar-refractivity contribution in [2.45, 2.75) is 5.92 Å². The van der Waals surface area contributed by atoms with Crippen molar-refractivity contribution in [1.82, 2.24) is 4.57 Å². The van der Waals surface area contributed by atoms with Crippen LogP contribution < -0.4 is 0 Å². The van der Waals surface area contributed by atoms with E-state index in [1.165, 1.54) is 71.5 Å². The Bertz CT molecular complexity index is 2940. The number of hydrogen-bond donors (Lipinski definition) is 0. The van der Waals surface area contributed by atoms with Crippen molar-refractivity contribution in [3.8, 4) is 27.9 Å². The lowest BCUT2D eigenvalue weighted by molar-refractivity contribution is 0.669. The van der Waals surface area contributed by atoms with Crippen molar-refractivity contribution in [1.29, 1.82) is 0 Å². The number of benzene rings is 8. The summed E-state index contributed by atoms with van der Waals surface area (Å²) in [4.78, 5) is 0. The van der Waals surface area contributed by atoms with Gasteiger partial charge in [-0.3, -0.25) is 0 Å². The molecule has 0 spiro atoms. The number of nitrogens with zero attached hydrogens (tertiary/aromatic N) is 1. The summed E-state index contributed by atoms with van der Waals surface area (Å²) in [6, 6.07) is 62.0. The van der Waals surface area contributed by atoms with Crippen LogP contribution in [0, 0.1) is 0 Å². The summed E-state index contributed by atoms with van der Waals surface area (Å²) in [7, 11) is 0. The van der Waals surface area contributed by atoms with Crippen LogP contribution in [0.4, 0.5) is 0 Å². The molecule has 2 heteroatoms. The second kappa shape index (κ2) is 10.1. The predicted molar refractivity (Wildman–Crippen MR) is 204 cm³/mol. The summed E-state index contributed by atoms with van der Waals surface area (Å²) in [5, 5.41) is 7.21. The normalized spacial score (nSPS) is 13.9. The molecule has 8 aromatic carbocycles. The van der Waals surface area contributed by atoms with E-state index in [0.29, 0.717) is 0 Å². The van der Waals surface area contributed by atoms with Crippen LogP contribution in [0.25, 0.3) is 82.5 Å². The Morgan fingerprint density at radius 2 is 1.20 bits per heavy atom. The van der Waals surface area contributed by atoms with Gasteiger partial charge in [-0.2, -0.15) is 0 Å². The predicted octanol–water partition coefficient (Wildman–Crippen LogP) is 12.7. The molecule has 228 valence electrons. The number of hydrogen-bond acceptors (Lipinski definition) is 1. The molecule has 1 unspecified atom stereocenters. The number of para-hydroxylation sites is 1. The van der Waals surface area contributed by atoms with Gasteiger partial charge >= 0.3 is 0 Å². The van der Waals surface area contributed by atoms with Gasteiger partial charge in [0, 0.05) is 27.8 Å². The van der Waals surface area contributed by atoms with Crippen molar-refractivity contribution in [2.75, 3.05) is 0 Å². The van der Waals surface area contributed by atoms with Crippen molar-refractivity contribution in [2.24, 2.45) is 0 Å². The van der Waals surface area contributed by atoms with E-state index in [4.69, 9.17) is 4.42 Å². The van der Waals surface area contributed by atoms with Gasteiger partial charge in [0.25, 0.3) is 0 Å². The highest BCUT2D eigenvalue weighted by Gasteiger charge is 2.30. The minimum Gasteiger partial charge on any atom is -0.456 e. The molecule has 0 radical (unpaired) electrons. The van der Waals surface area contributed by atoms with Crippen molar-refractivity contribution >= 4 is 54.5 Å². The molecule has 0 saturated carbocycles. The quantitative estimate of drug-likeness (QED) is 0.191. The Kier molecular flexibility index (Phi) is 5.47.